The first-order chi connectivity index (χ1) is 13.8. The molecule has 4 aromatic heterocycles. The number of anilines is 3. The molecule has 1 aliphatic rings. The minimum absolute atomic E-state index is 0.660. The van der Waals surface area contributed by atoms with Crippen LogP contribution in [0.2, 0.25) is 0 Å². The number of rotatable bonds is 4. The number of hydrogen-bond acceptors (Lipinski definition) is 7. The number of pyridine rings is 1. The molecule has 0 aromatic carbocycles. The highest BCUT2D eigenvalue weighted by Crippen LogP contribution is 2.28. The van der Waals surface area contributed by atoms with Gasteiger partial charge in [-0.3, -0.25) is 10.1 Å². The minimum Gasteiger partial charge on any atom is -0.325 e. The topological polar surface area (TPSA) is 100 Å². The number of hydrogen-bond donors (Lipinski definition) is 2. The van der Waals surface area contributed by atoms with Crippen LogP contribution in [0.15, 0.2) is 61.2 Å². The predicted molar refractivity (Wildman–Crippen MR) is 105 cm³/mol. The van der Waals surface area contributed by atoms with Gasteiger partial charge in [-0.05, 0) is 25.1 Å². The summed E-state index contributed by atoms with van der Waals surface area (Å²) in [6, 6.07) is 9.53. The van der Waals surface area contributed by atoms with Crippen molar-refractivity contribution in [3.63, 3.8) is 0 Å². The zero-order valence-corrected chi connectivity index (χ0v) is 15.1. The zero-order chi connectivity index (χ0) is 18.9. The molecule has 28 heavy (non-hydrogen) atoms. The van der Waals surface area contributed by atoms with Crippen LogP contribution in [0.25, 0.3) is 5.57 Å². The third-order valence-electron chi connectivity index (χ3n) is 4.39. The molecule has 4 aromatic rings. The van der Waals surface area contributed by atoms with Crippen LogP contribution in [0.5, 0.6) is 0 Å². The van der Waals surface area contributed by atoms with Crippen LogP contribution in [0, 0.1) is 6.92 Å². The summed E-state index contributed by atoms with van der Waals surface area (Å²) in [5.41, 5.74) is 1.76. The highest BCUT2D eigenvalue weighted by molar-refractivity contribution is 5.78. The van der Waals surface area contributed by atoms with E-state index in [0.717, 1.165) is 28.7 Å². The summed E-state index contributed by atoms with van der Waals surface area (Å²) >= 11 is 0. The Balaban J connectivity index is 1.52. The molecule has 5 heterocycles. The fourth-order valence-electron chi connectivity index (χ4n) is 3.21. The van der Waals surface area contributed by atoms with Gasteiger partial charge in [0.05, 0.1) is 18.4 Å². The van der Waals surface area contributed by atoms with E-state index in [0.29, 0.717) is 18.2 Å². The van der Waals surface area contributed by atoms with Crippen molar-refractivity contribution in [2.24, 2.45) is 0 Å². The fraction of sp³-hybridized carbons (Fsp3) is 0.105. The second-order valence-electron chi connectivity index (χ2n) is 6.26. The number of H-pyrrole nitrogens is 1. The van der Waals surface area contributed by atoms with Crippen molar-refractivity contribution in [1.29, 1.82) is 0 Å². The van der Waals surface area contributed by atoms with Crippen LogP contribution in [0.1, 0.15) is 17.3 Å². The number of aryl methyl sites for hydroxylation is 1. The van der Waals surface area contributed by atoms with E-state index >= 15 is 0 Å². The summed E-state index contributed by atoms with van der Waals surface area (Å²) < 4.78 is 1.99. The maximum absolute atomic E-state index is 4.63. The molecule has 2 N–H and O–H groups in total. The average molecular weight is 371 g/mol. The highest BCUT2D eigenvalue weighted by Gasteiger charge is 2.23. The van der Waals surface area contributed by atoms with Gasteiger partial charge < -0.3 is 5.32 Å². The van der Waals surface area contributed by atoms with Gasteiger partial charge in [-0.15, -0.1) is 0 Å². The van der Waals surface area contributed by atoms with Crippen molar-refractivity contribution in [2.45, 2.75) is 6.92 Å². The third-order valence-corrected chi connectivity index (χ3v) is 4.39. The third kappa shape index (κ3) is 2.88. The minimum atomic E-state index is 0.660. The van der Waals surface area contributed by atoms with E-state index in [-0.39, 0.29) is 0 Å². The largest absolute Gasteiger partial charge is 0.325 e. The lowest BCUT2D eigenvalue weighted by atomic mass is 10.1. The van der Waals surface area contributed by atoms with Crippen LogP contribution in [0.4, 0.5) is 17.5 Å². The molecule has 0 saturated carbocycles. The van der Waals surface area contributed by atoms with Crippen molar-refractivity contribution >= 4 is 23.0 Å². The van der Waals surface area contributed by atoms with Gasteiger partial charge in [0.25, 0.3) is 0 Å². The van der Waals surface area contributed by atoms with Gasteiger partial charge in [0, 0.05) is 36.3 Å². The molecule has 0 unspecified atom stereocenters. The summed E-state index contributed by atoms with van der Waals surface area (Å²) in [4.78, 5) is 18.0. The van der Waals surface area contributed by atoms with Crippen LogP contribution < -0.4 is 10.3 Å². The molecule has 138 valence electrons. The molecule has 0 aliphatic carbocycles. The smallest absolute Gasteiger partial charge is 0.160 e. The Labute approximate surface area is 160 Å². The quantitative estimate of drug-likeness (QED) is 0.568. The Hall–Kier alpha value is -4.01. The molecule has 0 bridgehead atoms. The van der Waals surface area contributed by atoms with E-state index in [1.165, 1.54) is 0 Å². The van der Waals surface area contributed by atoms with E-state index in [4.69, 9.17) is 0 Å². The van der Waals surface area contributed by atoms with E-state index in [1.807, 2.05) is 48.1 Å². The standard InChI is InChI=1S/C19H17N9/c1-13-23-15(12-17(24-13)25-16-4-2-3-7-20-16)14-6-10-27(18-5-8-22-26-18)28-11-9-21-19(14)28/h2-9,11-12H,10H2,1H3,(H,22,26)(H,20,23,24,25). The lowest BCUT2D eigenvalue weighted by molar-refractivity contribution is 0.696. The molecule has 0 amide bonds. The zero-order valence-electron chi connectivity index (χ0n) is 15.1. The Morgan fingerprint density at radius 2 is 2.00 bits per heavy atom. The number of nitrogens with one attached hydrogen (secondary N) is 2. The molecule has 1 aliphatic heterocycles. The normalized spacial score (nSPS) is 13.2. The first-order valence-corrected chi connectivity index (χ1v) is 8.83. The molecule has 0 fully saturated rings. The van der Waals surface area contributed by atoms with Gasteiger partial charge in [-0.25, -0.2) is 24.6 Å². The van der Waals surface area contributed by atoms with E-state index < -0.39 is 0 Å². The van der Waals surface area contributed by atoms with Crippen LogP contribution in [-0.2, 0) is 0 Å². The number of fused-ring (bicyclic) bond motifs is 1. The number of imidazole rings is 1. The molecule has 9 nitrogen and oxygen atoms in total. The number of aromatic nitrogens is 7. The van der Waals surface area contributed by atoms with Crippen molar-refractivity contribution in [3.8, 4) is 0 Å². The Bertz CT molecular complexity index is 1130. The summed E-state index contributed by atoms with van der Waals surface area (Å²) in [6.45, 7) is 2.53. The van der Waals surface area contributed by atoms with Crippen LogP contribution >= 0.6 is 0 Å². The van der Waals surface area contributed by atoms with Crippen molar-refractivity contribution in [2.75, 3.05) is 16.9 Å². The van der Waals surface area contributed by atoms with Gasteiger partial charge in [-0.2, -0.15) is 5.10 Å². The highest BCUT2D eigenvalue weighted by atomic mass is 15.6. The lowest BCUT2D eigenvalue weighted by Gasteiger charge is -2.28. The molecule has 0 radical (unpaired) electrons. The molecule has 0 atom stereocenters. The van der Waals surface area contributed by atoms with Gasteiger partial charge in [0.1, 0.15) is 23.3 Å². The van der Waals surface area contributed by atoms with Gasteiger partial charge >= 0.3 is 0 Å². The summed E-state index contributed by atoms with van der Waals surface area (Å²) in [7, 11) is 0. The van der Waals surface area contributed by atoms with Gasteiger partial charge in [0.15, 0.2) is 5.82 Å². The van der Waals surface area contributed by atoms with E-state index in [2.05, 4.69) is 46.5 Å². The number of aromatic amines is 1. The van der Waals surface area contributed by atoms with Crippen LogP contribution in [0.3, 0.4) is 0 Å². The maximum atomic E-state index is 4.63. The van der Waals surface area contributed by atoms with E-state index in [1.54, 1.807) is 18.6 Å². The first-order valence-electron chi connectivity index (χ1n) is 8.83. The first kappa shape index (κ1) is 16.2. The van der Waals surface area contributed by atoms with Crippen LogP contribution in [-0.4, -0.2) is 41.4 Å². The Morgan fingerprint density at radius 1 is 1.04 bits per heavy atom. The fourth-order valence-corrected chi connectivity index (χ4v) is 3.21. The van der Waals surface area contributed by atoms with Gasteiger partial charge in [0.2, 0.25) is 0 Å². The molecule has 0 spiro atoms. The summed E-state index contributed by atoms with van der Waals surface area (Å²) in [6.07, 6.45) is 9.27. The molecule has 5 rings (SSSR count). The van der Waals surface area contributed by atoms with E-state index in [9.17, 15) is 0 Å². The van der Waals surface area contributed by atoms with Crippen molar-refractivity contribution in [1.82, 2.24) is 34.8 Å². The second kappa shape index (κ2) is 6.62. The monoisotopic (exact) mass is 371 g/mol. The average Bonchev–Trinajstić information content (AvgIpc) is 3.40. The lowest BCUT2D eigenvalue weighted by Crippen LogP contribution is -2.34. The Morgan fingerprint density at radius 3 is 2.82 bits per heavy atom. The molecule has 9 heteroatoms. The molecular weight excluding hydrogens is 354 g/mol. The molecular formula is C19H17N9. The SMILES string of the molecule is Cc1nc(Nc2ccccn2)cc(C2=CCN(c3ccn[nH]3)n3ccnc32)n1. The second-order valence-corrected chi connectivity index (χ2v) is 6.26. The molecule has 0 saturated heterocycles. The Kier molecular flexibility index (Phi) is 3.82. The van der Waals surface area contributed by atoms with Crippen molar-refractivity contribution in [3.05, 3.63) is 78.5 Å². The number of nitrogens with zero attached hydrogens (tertiary/aromatic N) is 7. The summed E-state index contributed by atoms with van der Waals surface area (Å²) in [5, 5.41) is 12.3. The maximum Gasteiger partial charge on any atom is 0.160 e. The van der Waals surface area contributed by atoms with Crippen molar-refractivity contribution < 1.29 is 0 Å². The predicted octanol–water partition coefficient (Wildman–Crippen LogP) is 2.56. The van der Waals surface area contributed by atoms with Gasteiger partial charge in [-0.1, -0.05) is 6.07 Å². The summed E-state index contributed by atoms with van der Waals surface area (Å²) in [5.74, 6) is 3.80.